The first-order chi connectivity index (χ1) is 11.1. The molecule has 1 aromatic heterocycles. The monoisotopic (exact) mass is 346 g/mol. The van der Waals surface area contributed by atoms with Crippen LogP contribution in [0.4, 0.5) is 13.2 Å². The van der Waals surface area contributed by atoms with Crippen LogP contribution in [0.2, 0.25) is 0 Å². The van der Waals surface area contributed by atoms with Crippen LogP contribution in [-0.2, 0) is 10.9 Å². The van der Waals surface area contributed by atoms with Crippen molar-refractivity contribution in [2.45, 2.75) is 31.7 Å². The number of ether oxygens (including phenoxy) is 1. The van der Waals surface area contributed by atoms with Crippen LogP contribution >= 0.6 is 0 Å². The zero-order valence-electron chi connectivity index (χ0n) is 14.1. The van der Waals surface area contributed by atoms with Gasteiger partial charge in [0.05, 0.1) is 6.10 Å². The van der Waals surface area contributed by atoms with E-state index in [0.717, 1.165) is 13.0 Å². The van der Waals surface area contributed by atoms with Gasteiger partial charge >= 0.3 is 6.18 Å². The van der Waals surface area contributed by atoms with E-state index >= 15 is 0 Å². The van der Waals surface area contributed by atoms with Gasteiger partial charge in [-0.2, -0.15) is 13.2 Å². The lowest BCUT2D eigenvalue weighted by Crippen LogP contribution is -2.40. The van der Waals surface area contributed by atoms with Crippen molar-refractivity contribution in [3.63, 3.8) is 0 Å². The Kier molecular flexibility index (Phi) is 5.44. The van der Waals surface area contributed by atoms with Crippen molar-refractivity contribution < 1.29 is 22.7 Å². The van der Waals surface area contributed by atoms with Crippen LogP contribution in [0.25, 0.3) is 0 Å². The number of halogens is 3. The SMILES string of the molecule is CO[C@H]1C[C@@H](CN(C)C(=O)c2cc(C)nc(C(F)(F)F)n2)N(C)C1. The minimum atomic E-state index is -4.68. The topological polar surface area (TPSA) is 58.6 Å². The average molecular weight is 346 g/mol. The minimum absolute atomic E-state index is 0.0916. The third kappa shape index (κ3) is 4.21. The van der Waals surface area contributed by atoms with Gasteiger partial charge in [0, 0.05) is 39.0 Å². The molecule has 1 aliphatic rings. The van der Waals surface area contributed by atoms with Gasteiger partial charge in [0.2, 0.25) is 5.82 Å². The molecule has 6 nitrogen and oxygen atoms in total. The van der Waals surface area contributed by atoms with Gasteiger partial charge in [0.1, 0.15) is 5.69 Å². The highest BCUT2D eigenvalue weighted by atomic mass is 19.4. The van der Waals surface area contributed by atoms with E-state index in [2.05, 4.69) is 14.9 Å². The zero-order chi connectivity index (χ0) is 18.1. The number of hydrogen-bond donors (Lipinski definition) is 0. The lowest BCUT2D eigenvalue weighted by Gasteiger charge is -2.25. The van der Waals surface area contributed by atoms with Crippen LogP contribution < -0.4 is 0 Å². The van der Waals surface area contributed by atoms with Gasteiger partial charge in [-0.15, -0.1) is 0 Å². The summed E-state index contributed by atoms with van der Waals surface area (Å²) in [6, 6.07) is 1.36. The standard InChI is InChI=1S/C15H21F3N4O2/c1-9-5-12(20-14(19-9)15(16,17)18)13(23)22(3)7-10-6-11(24-4)8-21(10)2/h5,10-11H,6-8H2,1-4H3/t10-,11-/m0/s1. The van der Waals surface area contributed by atoms with Crippen LogP contribution in [0, 0.1) is 6.92 Å². The molecular weight excluding hydrogens is 325 g/mol. The summed E-state index contributed by atoms with van der Waals surface area (Å²) in [6.07, 6.45) is -3.82. The van der Waals surface area contributed by atoms with E-state index in [4.69, 9.17) is 4.74 Å². The highest BCUT2D eigenvalue weighted by molar-refractivity contribution is 5.92. The van der Waals surface area contributed by atoms with Gasteiger partial charge < -0.3 is 9.64 Å². The van der Waals surface area contributed by atoms with E-state index < -0.39 is 17.9 Å². The molecule has 1 fully saturated rings. The molecule has 0 bridgehead atoms. The molecule has 2 rings (SSSR count). The molecule has 0 aliphatic carbocycles. The molecule has 1 aliphatic heterocycles. The predicted octanol–water partition coefficient (Wildman–Crippen LogP) is 1.59. The number of aromatic nitrogens is 2. The van der Waals surface area contributed by atoms with E-state index in [0.29, 0.717) is 6.54 Å². The van der Waals surface area contributed by atoms with Crippen molar-refractivity contribution in [3.05, 3.63) is 23.3 Å². The molecule has 0 spiro atoms. The maximum absolute atomic E-state index is 12.8. The van der Waals surface area contributed by atoms with Crippen LogP contribution in [0.5, 0.6) is 0 Å². The summed E-state index contributed by atoms with van der Waals surface area (Å²) < 4.78 is 43.7. The molecule has 1 saturated heterocycles. The molecule has 2 heterocycles. The van der Waals surface area contributed by atoms with Crippen LogP contribution in [0.3, 0.4) is 0 Å². The highest BCUT2D eigenvalue weighted by Crippen LogP contribution is 2.26. The molecule has 2 atom stereocenters. The summed E-state index contributed by atoms with van der Waals surface area (Å²) in [6.45, 7) is 2.55. The molecular formula is C15H21F3N4O2. The maximum Gasteiger partial charge on any atom is 0.451 e. The van der Waals surface area contributed by atoms with E-state index in [1.54, 1.807) is 14.2 Å². The van der Waals surface area contributed by atoms with E-state index in [9.17, 15) is 18.0 Å². The van der Waals surface area contributed by atoms with Gasteiger partial charge in [0.15, 0.2) is 0 Å². The second-order valence-corrected chi connectivity index (χ2v) is 6.09. The van der Waals surface area contributed by atoms with Crippen molar-refractivity contribution in [2.24, 2.45) is 0 Å². The number of likely N-dealkylation sites (tertiary alicyclic amines) is 1. The van der Waals surface area contributed by atoms with E-state index in [1.165, 1.54) is 17.9 Å². The fraction of sp³-hybridized carbons (Fsp3) is 0.667. The molecule has 1 amide bonds. The molecule has 0 saturated carbocycles. The molecule has 0 N–H and O–H groups in total. The molecule has 1 aromatic rings. The average Bonchev–Trinajstić information content (AvgIpc) is 2.85. The first kappa shape index (κ1) is 18.6. The summed E-state index contributed by atoms with van der Waals surface area (Å²) in [7, 11) is 5.12. The maximum atomic E-state index is 12.8. The Morgan fingerprint density at radius 3 is 2.67 bits per heavy atom. The van der Waals surface area contributed by atoms with Gasteiger partial charge in [-0.1, -0.05) is 0 Å². The molecule has 9 heteroatoms. The van der Waals surface area contributed by atoms with Gasteiger partial charge in [-0.25, -0.2) is 9.97 Å². The summed E-state index contributed by atoms with van der Waals surface area (Å²) in [5.41, 5.74) is -0.146. The van der Waals surface area contributed by atoms with Gasteiger partial charge in [-0.3, -0.25) is 9.69 Å². The van der Waals surface area contributed by atoms with Crippen molar-refractivity contribution in [1.29, 1.82) is 0 Å². The van der Waals surface area contributed by atoms with Crippen LogP contribution in [-0.4, -0.2) is 72.1 Å². The van der Waals surface area contributed by atoms with Crippen molar-refractivity contribution in [3.8, 4) is 0 Å². The fourth-order valence-corrected chi connectivity index (χ4v) is 2.81. The number of rotatable bonds is 4. The number of alkyl halides is 3. The molecule has 134 valence electrons. The number of carbonyl (C=O) groups is 1. The largest absolute Gasteiger partial charge is 0.451 e. The van der Waals surface area contributed by atoms with Gasteiger partial charge in [0.25, 0.3) is 5.91 Å². The van der Waals surface area contributed by atoms with Crippen LogP contribution in [0.15, 0.2) is 6.07 Å². The molecule has 0 aromatic carbocycles. The van der Waals surface area contributed by atoms with Crippen molar-refractivity contribution in [2.75, 3.05) is 34.3 Å². The number of likely N-dealkylation sites (N-methyl/N-ethyl adjacent to an activating group) is 2. The van der Waals surface area contributed by atoms with Gasteiger partial charge in [-0.05, 0) is 26.5 Å². The first-order valence-corrected chi connectivity index (χ1v) is 7.53. The lowest BCUT2D eigenvalue weighted by molar-refractivity contribution is -0.145. The summed E-state index contributed by atoms with van der Waals surface area (Å²) in [5.74, 6) is -1.85. The fourth-order valence-electron chi connectivity index (χ4n) is 2.81. The number of aryl methyl sites for hydroxylation is 1. The lowest BCUT2D eigenvalue weighted by atomic mass is 10.2. The summed E-state index contributed by atoms with van der Waals surface area (Å²) in [4.78, 5) is 22.6. The Bertz CT molecular complexity index is 609. The quantitative estimate of drug-likeness (QED) is 0.829. The number of carbonyl (C=O) groups excluding carboxylic acids is 1. The minimum Gasteiger partial charge on any atom is -0.380 e. The Morgan fingerprint density at radius 2 is 2.12 bits per heavy atom. The van der Waals surface area contributed by atoms with Crippen molar-refractivity contribution in [1.82, 2.24) is 19.8 Å². The Balaban J connectivity index is 2.12. The zero-order valence-corrected chi connectivity index (χ0v) is 14.1. The highest BCUT2D eigenvalue weighted by Gasteiger charge is 2.36. The summed E-state index contributed by atoms with van der Waals surface area (Å²) in [5, 5.41) is 0. The normalized spacial score (nSPS) is 22.0. The Hall–Kier alpha value is -1.74. The smallest absolute Gasteiger partial charge is 0.380 e. The number of methoxy groups -OCH3 is 1. The van der Waals surface area contributed by atoms with Crippen molar-refractivity contribution >= 4 is 5.91 Å². The predicted molar refractivity (Wildman–Crippen MR) is 80.6 cm³/mol. The third-order valence-electron chi connectivity index (χ3n) is 4.14. The number of nitrogens with zero attached hydrogens (tertiary/aromatic N) is 4. The van der Waals surface area contributed by atoms with E-state index in [-0.39, 0.29) is 23.5 Å². The second-order valence-electron chi connectivity index (χ2n) is 6.09. The Labute approximate surface area is 138 Å². The molecule has 0 radical (unpaired) electrons. The second kappa shape index (κ2) is 7.02. The first-order valence-electron chi connectivity index (χ1n) is 7.53. The number of amides is 1. The third-order valence-corrected chi connectivity index (χ3v) is 4.14. The number of hydrogen-bond acceptors (Lipinski definition) is 5. The molecule has 0 unspecified atom stereocenters. The summed E-state index contributed by atoms with van der Waals surface area (Å²) >= 11 is 0. The molecule has 24 heavy (non-hydrogen) atoms. The Morgan fingerprint density at radius 1 is 1.46 bits per heavy atom. The van der Waals surface area contributed by atoms with Crippen LogP contribution in [0.1, 0.15) is 28.4 Å². The van der Waals surface area contributed by atoms with E-state index in [1.807, 2.05) is 7.05 Å².